The van der Waals surface area contributed by atoms with E-state index in [2.05, 4.69) is 29.2 Å². The quantitative estimate of drug-likeness (QED) is 0.434. The van der Waals surface area contributed by atoms with Gasteiger partial charge in [-0.3, -0.25) is 4.98 Å². The molecule has 0 aliphatic heterocycles. The Morgan fingerprint density at radius 3 is 2.16 bits per heavy atom. The lowest BCUT2D eigenvalue weighted by molar-refractivity contribution is -0.142. The van der Waals surface area contributed by atoms with Crippen molar-refractivity contribution in [3.05, 3.63) is 66.9 Å². The molecule has 0 atom stereocenters. The van der Waals surface area contributed by atoms with Crippen molar-refractivity contribution in [1.29, 1.82) is 0 Å². The lowest BCUT2D eigenvalue weighted by atomic mass is 10.0. The number of aromatic nitrogens is 2. The number of rotatable bonds is 12. The Balaban J connectivity index is 1.49. The molecule has 1 heterocycles. The highest BCUT2D eigenvalue weighted by atomic mass is 16.5. The third-order valence-corrected chi connectivity index (χ3v) is 5.21. The summed E-state index contributed by atoms with van der Waals surface area (Å²) in [6.45, 7) is 1.52. The second-order valence-electron chi connectivity index (χ2n) is 7.64. The van der Waals surface area contributed by atoms with Gasteiger partial charge < -0.3 is 19.5 Å². The summed E-state index contributed by atoms with van der Waals surface area (Å²) in [6, 6.07) is 20.7. The van der Waals surface area contributed by atoms with Crippen LogP contribution in [-0.2, 0) is 14.3 Å². The van der Waals surface area contributed by atoms with Gasteiger partial charge in [-0.2, -0.15) is 0 Å². The predicted molar refractivity (Wildman–Crippen MR) is 123 cm³/mol. The van der Waals surface area contributed by atoms with Crippen LogP contribution in [0.5, 0.6) is 0 Å². The van der Waals surface area contributed by atoms with Crippen LogP contribution in [0.1, 0.15) is 12.8 Å². The first-order chi connectivity index (χ1) is 15.7. The molecule has 0 spiro atoms. The second kappa shape index (κ2) is 10.8. The Morgan fingerprint density at radius 1 is 0.906 bits per heavy atom. The minimum absolute atomic E-state index is 0.263. The molecule has 7 nitrogen and oxygen atoms in total. The molecule has 1 aromatic heterocycles. The van der Waals surface area contributed by atoms with E-state index < -0.39 is 5.97 Å². The Kier molecular flexibility index (Phi) is 7.42. The highest BCUT2D eigenvalue weighted by Gasteiger charge is 2.30. The Morgan fingerprint density at radius 2 is 1.53 bits per heavy atom. The summed E-state index contributed by atoms with van der Waals surface area (Å²) in [5, 5.41) is 8.59. The van der Waals surface area contributed by atoms with E-state index in [1.807, 2.05) is 42.6 Å². The van der Waals surface area contributed by atoms with E-state index in [0.717, 1.165) is 41.2 Å². The van der Waals surface area contributed by atoms with Crippen LogP contribution in [0.25, 0.3) is 22.5 Å². The van der Waals surface area contributed by atoms with Gasteiger partial charge in [0.2, 0.25) is 0 Å². The molecule has 4 rings (SSSR count). The van der Waals surface area contributed by atoms with E-state index in [0.29, 0.717) is 25.8 Å². The fourth-order valence-corrected chi connectivity index (χ4v) is 3.54. The summed E-state index contributed by atoms with van der Waals surface area (Å²) in [5.41, 5.74) is 3.79. The number of carboxylic acids is 1. The molecule has 32 heavy (non-hydrogen) atoms. The zero-order chi connectivity index (χ0) is 22.2. The fraction of sp³-hybridized carbons (Fsp3) is 0.320. The van der Waals surface area contributed by atoms with Crippen molar-refractivity contribution in [2.24, 2.45) is 0 Å². The van der Waals surface area contributed by atoms with Crippen LogP contribution in [0.4, 0.5) is 5.82 Å². The van der Waals surface area contributed by atoms with Gasteiger partial charge in [0, 0.05) is 23.7 Å². The molecule has 3 aromatic rings. The summed E-state index contributed by atoms with van der Waals surface area (Å²) in [7, 11) is 0. The molecule has 0 radical (unpaired) electrons. The second-order valence-corrected chi connectivity index (χ2v) is 7.64. The molecular weight excluding hydrogens is 406 g/mol. The zero-order valence-corrected chi connectivity index (χ0v) is 17.9. The molecule has 0 amide bonds. The zero-order valence-electron chi connectivity index (χ0n) is 17.9. The smallest absolute Gasteiger partial charge is 0.329 e. The standard InChI is InChI=1S/C25H27N3O4/c29-23(30)18-32-16-15-31-14-13-28(21-11-12-21)22-17-26-24(19-7-3-1-4-8-19)25(27-22)20-9-5-2-6-10-20/h1-10,17,21H,11-16,18H2,(H,29,30). The maximum Gasteiger partial charge on any atom is 0.329 e. The predicted octanol–water partition coefficient (Wildman–Crippen LogP) is 3.90. The van der Waals surface area contributed by atoms with Crippen LogP contribution >= 0.6 is 0 Å². The molecule has 7 heteroatoms. The Hall–Kier alpha value is -3.29. The molecule has 166 valence electrons. The van der Waals surface area contributed by atoms with E-state index in [1.54, 1.807) is 0 Å². The number of carboxylic acid groups (broad SMARTS) is 1. The van der Waals surface area contributed by atoms with E-state index in [-0.39, 0.29) is 13.2 Å². The van der Waals surface area contributed by atoms with Crippen LogP contribution in [0, 0.1) is 0 Å². The maximum absolute atomic E-state index is 10.5. The van der Waals surface area contributed by atoms with Crippen LogP contribution in [0.2, 0.25) is 0 Å². The molecule has 1 aliphatic carbocycles. The molecule has 0 bridgehead atoms. The average Bonchev–Trinajstić information content (AvgIpc) is 3.67. The Bertz CT molecular complexity index is 1010. The summed E-state index contributed by atoms with van der Waals surface area (Å²) >= 11 is 0. The average molecular weight is 434 g/mol. The maximum atomic E-state index is 10.5. The third kappa shape index (κ3) is 5.90. The summed E-state index contributed by atoms with van der Waals surface area (Å²) in [4.78, 5) is 22.6. The van der Waals surface area contributed by atoms with E-state index in [4.69, 9.17) is 24.5 Å². The SMILES string of the molecule is O=C(O)COCCOCCN(c1cnc(-c2ccccc2)c(-c2ccccc2)n1)C1CC1. The lowest BCUT2D eigenvalue weighted by Crippen LogP contribution is -2.31. The molecule has 0 saturated heterocycles. The number of anilines is 1. The minimum atomic E-state index is -0.975. The van der Waals surface area contributed by atoms with E-state index in [9.17, 15) is 4.79 Å². The number of hydrogen-bond donors (Lipinski definition) is 1. The van der Waals surface area contributed by atoms with Gasteiger partial charge in [0.25, 0.3) is 0 Å². The first-order valence-corrected chi connectivity index (χ1v) is 10.8. The van der Waals surface area contributed by atoms with Gasteiger partial charge in [-0.1, -0.05) is 60.7 Å². The van der Waals surface area contributed by atoms with Crippen molar-refractivity contribution >= 4 is 11.8 Å². The van der Waals surface area contributed by atoms with Crippen molar-refractivity contribution in [2.45, 2.75) is 18.9 Å². The molecule has 0 unspecified atom stereocenters. The minimum Gasteiger partial charge on any atom is -0.480 e. The molecular formula is C25H27N3O4. The van der Waals surface area contributed by atoms with Gasteiger partial charge in [-0.15, -0.1) is 0 Å². The highest BCUT2D eigenvalue weighted by Crippen LogP contribution is 2.34. The van der Waals surface area contributed by atoms with Gasteiger partial charge >= 0.3 is 5.97 Å². The summed E-state index contributed by atoms with van der Waals surface area (Å²) in [5.74, 6) is -0.131. The first-order valence-electron chi connectivity index (χ1n) is 10.8. The molecule has 1 saturated carbocycles. The fourth-order valence-electron chi connectivity index (χ4n) is 3.54. The summed E-state index contributed by atoms with van der Waals surface area (Å²) < 4.78 is 10.7. The van der Waals surface area contributed by atoms with Gasteiger partial charge in [-0.05, 0) is 12.8 Å². The van der Waals surface area contributed by atoms with Crippen LogP contribution < -0.4 is 4.90 Å². The normalized spacial score (nSPS) is 13.1. The van der Waals surface area contributed by atoms with Gasteiger partial charge in [0.15, 0.2) is 0 Å². The number of carbonyl (C=O) groups is 1. The van der Waals surface area contributed by atoms with Crippen molar-refractivity contribution in [3.8, 4) is 22.5 Å². The first kappa shape index (κ1) is 21.9. The number of ether oxygens (including phenoxy) is 2. The number of nitrogens with zero attached hydrogens (tertiary/aromatic N) is 3. The number of hydrogen-bond acceptors (Lipinski definition) is 6. The molecule has 2 aromatic carbocycles. The third-order valence-electron chi connectivity index (χ3n) is 5.21. The number of aliphatic carboxylic acids is 1. The van der Waals surface area contributed by atoms with Crippen molar-refractivity contribution < 1.29 is 19.4 Å². The van der Waals surface area contributed by atoms with Crippen LogP contribution in [0.3, 0.4) is 0 Å². The van der Waals surface area contributed by atoms with Gasteiger partial charge in [0.1, 0.15) is 12.4 Å². The molecule has 1 N–H and O–H groups in total. The number of benzene rings is 2. The Labute approximate surface area is 187 Å². The monoisotopic (exact) mass is 433 g/mol. The van der Waals surface area contributed by atoms with Gasteiger partial charge in [-0.25, -0.2) is 9.78 Å². The summed E-state index contributed by atoms with van der Waals surface area (Å²) in [6.07, 6.45) is 4.11. The topological polar surface area (TPSA) is 84.8 Å². The van der Waals surface area contributed by atoms with E-state index in [1.165, 1.54) is 0 Å². The molecule has 1 fully saturated rings. The largest absolute Gasteiger partial charge is 0.480 e. The van der Waals surface area contributed by atoms with E-state index >= 15 is 0 Å². The van der Waals surface area contributed by atoms with Crippen molar-refractivity contribution in [3.63, 3.8) is 0 Å². The van der Waals surface area contributed by atoms with Crippen LogP contribution in [-0.4, -0.2) is 60.1 Å². The molecule has 1 aliphatic rings. The van der Waals surface area contributed by atoms with Gasteiger partial charge in [0.05, 0.1) is 37.4 Å². The van der Waals surface area contributed by atoms with Crippen LogP contribution in [0.15, 0.2) is 66.9 Å². The van der Waals surface area contributed by atoms with Crippen molar-refractivity contribution in [2.75, 3.05) is 37.9 Å². The lowest BCUT2D eigenvalue weighted by Gasteiger charge is -2.24. The van der Waals surface area contributed by atoms with Crippen molar-refractivity contribution in [1.82, 2.24) is 9.97 Å². The highest BCUT2D eigenvalue weighted by molar-refractivity contribution is 5.78.